The average Bonchev–Trinajstić information content (AvgIpc) is 0.773. The number of hydrogen-bond acceptors (Lipinski definition) is 35. The fourth-order valence-corrected chi connectivity index (χ4v) is 24.1. The topological polar surface area (TPSA) is 480 Å². The maximum atomic E-state index is 13.0. The third-order valence-corrected chi connectivity index (χ3v) is 32.2. The van der Waals surface area contributed by atoms with Gasteiger partial charge >= 0.3 is 0 Å². The van der Waals surface area contributed by atoms with E-state index in [1.165, 1.54) is 121 Å². The van der Waals surface area contributed by atoms with E-state index in [9.17, 15) is 90.0 Å². The highest BCUT2D eigenvalue weighted by Gasteiger charge is 2.39. The summed E-state index contributed by atoms with van der Waals surface area (Å²) in [4.78, 5) is 143. The van der Waals surface area contributed by atoms with Crippen molar-refractivity contribution in [2.45, 2.75) is 62.0 Å². The molecule has 0 bridgehead atoms. The fourth-order valence-electron chi connectivity index (χ4n) is 18.6. The number of allylic oxidation sites excluding steroid dienone is 10. The highest BCUT2D eigenvalue weighted by Crippen LogP contribution is 2.41. The number of para-hydroxylation sites is 6. The zero-order chi connectivity index (χ0) is 103. The summed E-state index contributed by atoms with van der Waals surface area (Å²) in [6.45, 7) is 11.1. The first-order valence-electron chi connectivity index (χ1n) is 46.4. The molecular formula is C105H102N12O22S6. The number of carbonyl (C=O) groups is 10. The van der Waals surface area contributed by atoms with Crippen LogP contribution < -0.4 is 51.9 Å². The maximum absolute atomic E-state index is 13.0. The van der Waals surface area contributed by atoms with Gasteiger partial charge in [-0.25, -0.2) is 42.1 Å². The van der Waals surface area contributed by atoms with Crippen LogP contribution in [0.3, 0.4) is 0 Å². The molecule has 5 saturated heterocycles. The van der Waals surface area contributed by atoms with Crippen LogP contribution in [0.25, 0.3) is 0 Å². The van der Waals surface area contributed by atoms with Gasteiger partial charge in [-0.15, -0.1) is 0 Å². The van der Waals surface area contributed by atoms with E-state index in [4.69, 9.17) is 9.47 Å². The van der Waals surface area contributed by atoms with Crippen LogP contribution in [0.5, 0.6) is 0 Å². The Kier molecular flexibility index (Phi) is 31.6. The number of anilines is 8. The zero-order valence-corrected chi connectivity index (χ0v) is 84.3. The predicted octanol–water partition coefficient (Wildman–Crippen LogP) is 12.3. The van der Waals surface area contributed by atoms with Crippen LogP contribution in [-0.4, -0.2) is 245 Å². The molecule has 40 heteroatoms. The third kappa shape index (κ3) is 23.4. The Balaban J connectivity index is 0.000000130. The van der Waals surface area contributed by atoms with Gasteiger partial charge in [0.05, 0.1) is 152 Å². The summed E-state index contributed by atoms with van der Waals surface area (Å²) in [7, 11) is -18.2. The molecule has 34 nitrogen and oxygen atoms in total. The summed E-state index contributed by atoms with van der Waals surface area (Å²) < 4.78 is 131. The number of fused-ring (bicyclic) bond motifs is 5. The zero-order valence-electron chi connectivity index (χ0n) is 79.4. The lowest BCUT2D eigenvalue weighted by molar-refractivity contribution is 0.0854. The number of benzene rings is 8. The molecular weight excluding hydrogens is 1970 g/mol. The molecule has 8 aromatic carbocycles. The van der Waals surface area contributed by atoms with E-state index in [-0.39, 0.29) is 115 Å². The first-order chi connectivity index (χ1) is 69.3. The van der Waals surface area contributed by atoms with E-state index in [0.29, 0.717) is 49.4 Å². The smallest absolute Gasteiger partial charge is 0.210 e. The van der Waals surface area contributed by atoms with Crippen molar-refractivity contribution in [2.75, 3.05) is 176 Å². The van der Waals surface area contributed by atoms with Gasteiger partial charge in [0.15, 0.2) is 78.1 Å². The highest BCUT2D eigenvalue weighted by molar-refractivity contribution is 7.99. The maximum Gasteiger partial charge on any atom is 0.210 e. The number of pyridine rings is 2. The summed E-state index contributed by atoms with van der Waals surface area (Å²) in [5.41, 5.74) is 9.23. The van der Waals surface area contributed by atoms with Gasteiger partial charge in [-0.3, -0.25) is 57.9 Å². The van der Waals surface area contributed by atoms with Gasteiger partial charge in [0.25, 0.3) is 0 Å². The lowest BCUT2D eigenvalue weighted by atomic mass is 9.89. The fraction of sp³-hybridized carbons (Fsp3) is 0.257. The second kappa shape index (κ2) is 44.2. The Morgan fingerprint density at radius 3 is 0.862 bits per heavy atom. The van der Waals surface area contributed by atoms with Crippen LogP contribution in [-0.2, 0) is 58.7 Å². The molecule has 750 valence electrons. The van der Waals surface area contributed by atoms with E-state index < -0.39 is 107 Å². The van der Waals surface area contributed by atoms with Crippen LogP contribution in [0.2, 0.25) is 0 Å². The molecule has 0 radical (unpaired) electrons. The van der Waals surface area contributed by atoms with Crippen molar-refractivity contribution in [3.63, 3.8) is 0 Å². The second-order valence-corrected chi connectivity index (χ2v) is 46.6. The van der Waals surface area contributed by atoms with Gasteiger partial charge in [-0.05, 0) is 141 Å². The molecule has 20 rings (SSSR count). The lowest BCUT2D eigenvalue weighted by Crippen LogP contribution is -2.43. The second-order valence-electron chi connectivity index (χ2n) is 35.5. The van der Waals surface area contributed by atoms with Crippen LogP contribution in [0, 0.1) is 0 Å². The van der Waals surface area contributed by atoms with Gasteiger partial charge in [-0.2, -0.15) is 11.8 Å². The summed E-state index contributed by atoms with van der Waals surface area (Å²) in [5, 5.41) is 22.1. The molecule has 145 heavy (non-hydrogen) atoms. The molecule has 10 aromatic rings. The Labute approximate surface area is 842 Å². The van der Waals surface area contributed by atoms with E-state index in [2.05, 4.69) is 61.9 Å². The van der Waals surface area contributed by atoms with Crippen LogP contribution in [0.4, 0.5) is 45.5 Å². The number of hydrogen-bond donors (Lipinski definition) is 7. The summed E-state index contributed by atoms with van der Waals surface area (Å²) in [5.74, 6) is -1.88. The molecule has 0 unspecified atom stereocenters. The molecule has 5 fully saturated rings. The molecule has 7 N–H and O–H groups in total. The SMILES string of the molecule is CS(=O)(=O)c1cccc2c1C(=O)C=C(Nc1ccccc1N1CCNCC1)C2=O.CS(=O)(=O)c1cccc2c1C(=O)C=C(Nc1ccccc1N1CCOCC1)C2=O.CS(=O)(=O)c1cccc2c1C(=O)C=C(Nc1ccccc1N1CCSCC1)C2=O.CS(=O)(=O)c1cccc2c1C(=O)C=C(Nc1cnccc1C1CCNCC1)C2=O.CS(=O)(=O)c1cccc2c1C(=O)C=C(Nc1cnccc1C1CCOCC1)C2=O. The number of nitrogens with zero attached hydrogens (tertiary/aromatic N) is 5. The Hall–Kier alpha value is -14.2. The number of sulfone groups is 5. The van der Waals surface area contributed by atoms with Crippen LogP contribution in [0.1, 0.15) is 152 Å². The molecule has 0 saturated carbocycles. The number of nitrogens with one attached hydrogen (secondary N) is 7. The van der Waals surface area contributed by atoms with Crippen molar-refractivity contribution in [3.8, 4) is 0 Å². The number of ketones is 10. The van der Waals surface area contributed by atoms with E-state index in [1.807, 2.05) is 96.7 Å². The van der Waals surface area contributed by atoms with Crippen molar-refractivity contribution in [3.05, 3.63) is 326 Å². The number of thioether (sulfide) groups is 1. The Morgan fingerprint density at radius 2 is 0.559 bits per heavy atom. The normalized spacial score (nSPS) is 17.2. The average molecular weight is 2080 g/mol. The number of Topliss-reactive ketones (excluding diaryl/α,β-unsaturated/α-hetero) is 5. The minimum absolute atomic E-state index is 0.0492. The Bertz CT molecular complexity index is 6710. The number of aromatic nitrogens is 2. The third-order valence-electron chi connectivity index (χ3n) is 25.6. The van der Waals surface area contributed by atoms with Gasteiger partial charge in [-0.1, -0.05) is 97.1 Å². The molecule has 5 aliphatic heterocycles. The van der Waals surface area contributed by atoms with Crippen molar-refractivity contribution >= 4 is 164 Å². The number of ether oxygens (including phenoxy) is 2. The van der Waals surface area contributed by atoms with Gasteiger partial charge < -0.3 is 61.4 Å². The number of rotatable bonds is 20. The molecule has 7 heterocycles. The number of carbonyl (C=O) groups excluding carboxylic acids is 10. The first-order valence-corrected chi connectivity index (χ1v) is 57.0. The summed E-state index contributed by atoms with van der Waals surface area (Å²) in [6, 6.07) is 48.2. The van der Waals surface area contributed by atoms with Crippen molar-refractivity contribution in [2.24, 2.45) is 0 Å². The largest absolute Gasteiger partial charge is 0.381 e. The molecule has 10 aliphatic rings. The highest BCUT2D eigenvalue weighted by atomic mass is 32.2. The van der Waals surface area contributed by atoms with Crippen molar-refractivity contribution < 1.29 is 99.5 Å². The molecule has 2 aromatic heterocycles. The minimum Gasteiger partial charge on any atom is -0.381 e. The van der Waals surface area contributed by atoms with Gasteiger partial charge in [0.1, 0.15) is 0 Å². The van der Waals surface area contributed by atoms with E-state index in [1.54, 1.807) is 24.8 Å². The molecule has 0 spiro atoms. The lowest BCUT2D eigenvalue weighted by Gasteiger charge is -2.31. The van der Waals surface area contributed by atoms with Crippen molar-refractivity contribution in [1.82, 2.24) is 20.6 Å². The number of morpholine rings is 1. The van der Waals surface area contributed by atoms with E-state index >= 15 is 0 Å². The summed E-state index contributed by atoms with van der Waals surface area (Å²) in [6.07, 6.45) is 21.4. The number of piperazine rings is 1. The monoisotopic (exact) mass is 2070 g/mol. The minimum atomic E-state index is -3.64. The Morgan fingerprint density at radius 1 is 0.297 bits per heavy atom. The predicted molar refractivity (Wildman–Crippen MR) is 553 cm³/mol. The number of piperidine rings is 1. The van der Waals surface area contributed by atoms with E-state index in [0.717, 1.165) is 173 Å². The summed E-state index contributed by atoms with van der Waals surface area (Å²) >= 11 is 1.91. The molecule has 5 aliphatic carbocycles. The van der Waals surface area contributed by atoms with Crippen LogP contribution in [0.15, 0.2) is 284 Å². The molecule has 0 atom stereocenters. The van der Waals surface area contributed by atoms with Crippen LogP contribution >= 0.6 is 11.8 Å². The standard InChI is InChI=1S/2C21H21N3O4S.2C21H20N2O5S.C21H20N2O4S2/c1-29(27,28)19-8-4-5-14-20(19)18(25)13-16(21(14)26)23-15-6-2-3-7-17(15)24-11-9-22-10-12-24;1-29(27,28)19-4-2-3-15-20(19)18(25)11-16(21(15)26)24-17-12-23-10-7-14(17)13-5-8-22-9-6-13;1-29(26,27)19-8-4-5-14-20(19)18(24)13-16(21(14)25)22-15-6-2-3-7-17(15)23-9-11-28-12-10-23;1-29(26,27)19-4-2-3-15-20(19)18(24)11-16(21(15)25)23-17-12-22-8-5-14(17)13-6-9-28-10-7-13;1-29(26,27)19-8-4-5-14-20(19)18(24)13-16(21(14)25)22-15-6-2-3-7-17(15)23-9-11-28-12-10-23/h2-8,13,22-23H,9-12H2,1H3;2-4,7,10-13,22,24H,5-6,8-9H2,1H3;2-8,13,22H,9-12H2,1H3;2-5,8,11-13,23H,6-7,9-10H2,1H3;2-8,13,22H,9-12H2,1H3. The first kappa shape index (κ1) is 104. The van der Waals surface area contributed by atoms with Gasteiger partial charge in [0, 0.05) is 179 Å². The molecule has 0 amide bonds. The van der Waals surface area contributed by atoms with Gasteiger partial charge in [0.2, 0.25) is 28.9 Å². The van der Waals surface area contributed by atoms with Crippen molar-refractivity contribution in [1.29, 1.82) is 0 Å². The quantitative estimate of drug-likeness (QED) is 0.0372.